The van der Waals surface area contributed by atoms with Crippen LogP contribution in [0.4, 0.5) is 24.5 Å². The molecule has 0 spiro atoms. The Morgan fingerprint density at radius 1 is 1.06 bits per heavy atom. The van der Waals surface area contributed by atoms with Crippen LogP contribution in [0.25, 0.3) is 22.0 Å². The molecule has 0 unspecified atom stereocenters. The van der Waals surface area contributed by atoms with Crippen molar-refractivity contribution < 1.29 is 22.7 Å². The number of aromatic nitrogens is 1. The van der Waals surface area contributed by atoms with Crippen LogP contribution in [0.3, 0.4) is 0 Å². The molecule has 0 radical (unpaired) electrons. The lowest BCUT2D eigenvalue weighted by Crippen LogP contribution is -2.27. The minimum atomic E-state index is -1.27. The number of nitrogens with zero attached hydrogens (tertiary/aromatic N) is 2. The molecule has 0 saturated carbocycles. The van der Waals surface area contributed by atoms with Crippen LogP contribution >= 0.6 is 0 Å². The predicted octanol–water partition coefficient (Wildman–Crippen LogP) is 5.89. The summed E-state index contributed by atoms with van der Waals surface area (Å²) in [5.74, 6) is -3.20. The van der Waals surface area contributed by atoms with Crippen LogP contribution in [0.5, 0.6) is 5.75 Å². The zero-order valence-corrected chi connectivity index (χ0v) is 19.1. The minimum absolute atomic E-state index is 0.195. The number of para-hydroxylation sites is 2. The lowest BCUT2D eigenvalue weighted by molar-refractivity contribution is -0.118. The summed E-state index contributed by atoms with van der Waals surface area (Å²) in [6.07, 6.45) is 2.02. The molecule has 1 N–H and O–H groups in total. The van der Waals surface area contributed by atoms with Crippen molar-refractivity contribution >= 4 is 28.2 Å². The monoisotopic (exact) mass is 477 g/mol. The third-order valence-corrected chi connectivity index (χ3v) is 6.13. The van der Waals surface area contributed by atoms with Crippen molar-refractivity contribution in [1.29, 1.82) is 0 Å². The zero-order chi connectivity index (χ0) is 24.7. The fourth-order valence-electron chi connectivity index (χ4n) is 4.59. The van der Waals surface area contributed by atoms with Crippen molar-refractivity contribution in [2.75, 3.05) is 30.9 Å². The maximum absolute atomic E-state index is 14.6. The second-order valence-corrected chi connectivity index (χ2v) is 8.58. The topological polar surface area (TPSA) is 54.5 Å². The van der Waals surface area contributed by atoms with Gasteiger partial charge < -0.3 is 15.0 Å². The molecule has 8 heteroatoms. The molecule has 178 valence electrons. The van der Waals surface area contributed by atoms with E-state index >= 15 is 0 Å². The number of rotatable bonds is 4. The molecule has 35 heavy (non-hydrogen) atoms. The Labute approximate surface area is 200 Å². The normalized spacial score (nSPS) is 14.8. The summed E-state index contributed by atoms with van der Waals surface area (Å²) in [5, 5.41) is 3.59. The number of carbonyl (C=O) groups is 1. The van der Waals surface area contributed by atoms with Gasteiger partial charge in [0.15, 0.2) is 11.6 Å². The molecule has 4 aromatic rings. The van der Waals surface area contributed by atoms with Gasteiger partial charge in [-0.25, -0.2) is 13.2 Å². The zero-order valence-electron chi connectivity index (χ0n) is 19.1. The maximum Gasteiger partial charge on any atom is 0.232 e. The first-order chi connectivity index (χ1) is 16.8. The molecule has 1 aliphatic heterocycles. The minimum Gasteiger partial charge on any atom is -0.493 e. The van der Waals surface area contributed by atoms with Crippen LogP contribution in [0.2, 0.25) is 0 Å². The van der Waals surface area contributed by atoms with Crippen molar-refractivity contribution in [3.05, 3.63) is 83.8 Å². The van der Waals surface area contributed by atoms with E-state index in [1.165, 1.54) is 6.20 Å². The maximum atomic E-state index is 14.6. The first-order valence-corrected chi connectivity index (χ1v) is 11.1. The van der Waals surface area contributed by atoms with E-state index in [0.717, 1.165) is 11.6 Å². The first-order valence-electron chi connectivity index (χ1n) is 11.1. The van der Waals surface area contributed by atoms with Crippen LogP contribution in [0.1, 0.15) is 17.9 Å². The summed E-state index contributed by atoms with van der Waals surface area (Å²) >= 11 is 0. The van der Waals surface area contributed by atoms with Crippen LogP contribution in [0.15, 0.2) is 60.8 Å². The molecule has 5 rings (SSSR count). The van der Waals surface area contributed by atoms with Crippen molar-refractivity contribution in [2.24, 2.45) is 0 Å². The Morgan fingerprint density at radius 3 is 2.66 bits per heavy atom. The van der Waals surface area contributed by atoms with Gasteiger partial charge in [0.05, 0.1) is 35.6 Å². The fourth-order valence-corrected chi connectivity index (χ4v) is 4.59. The highest BCUT2D eigenvalue weighted by molar-refractivity contribution is 6.08. The molecule has 0 aliphatic carbocycles. The Kier molecular flexibility index (Phi) is 5.80. The number of anilines is 2. The lowest BCUT2D eigenvalue weighted by atomic mass is 9.92. The molecular formula is C27H22F3N3O2. The number of amides is 1. The number of halogens is 3. The van der Waals surface area contributed by atoms with E-state index in [9.17, 15) is 18.0 Å². The Morgan fingerprint density at radius 2 is 1.86 bits per heavy atom. The van der Waals surface area contributed by atoms with Crippen LogP contribution in [-0.2, 0) is 4.79 Å². The lowest BCUT2D eigenvalue weighted by Gasteiger charge is -2.26. The van der Waals surface area contributed by atoms with E-state index in [1.54, 1.807) is 18.2 Å². The number of hydrogen-bond donors (Lipinski definition) is 1. The van der Waals surface area contributed by atoms with Crippen LogP contribution < -0.4 is 15.0 Å². The number of carbonyl (C=O) groups excluding carboxylic acids is 1. The van der Waals surface area contributed by atoms with E-state index < -0.39 is 17.5 Å². The molecule has 1 aliphatic rings. The Hall–Kier alpha value is -4.07. The highest BCUT2D eigenvalue weighted by atomic mass is 19.2. The van der Waals surface area contributed by atoms with Gasteiger partial charge in [0.1, 0.15) is 11.6 Å². The predicted molar refractivity (Wildman–Crippen MR) is 129 cm³/mol. The van der Waals surface area contributed by atoms with Gasteiger partial charge in [-0.1, -0.05) is 36.4 Å². The van der Waals surface area contributed by atoms with Crippen LogP contribution in [-0.4, -0.2) is 31.6 Å². The molecule has 1 aromatic heterocycles. The molecule has 1 atom stereocenters. The van der Waals surface area contributed by atoms with Gasteiger partial charge in [0.25, 0.3) is 0 Å². The third-order valence-electron chi connectivity index (χ3n) is 6.13. The molecule has 0 fully saturated rings. The number of fused-ring (bicyclic) bond motifs is 2. The van der Waals surface area contributed by atoms with Gasteiger partial charge in [-0.2, -0.15) is 0 Å². The van der Waals surface area contributed by atoms with Gasteiger partial charge in [-0.3, -0.25) is 9.78 Å². The fraction of sp³-hybridized carbons (Fsp3) is 0.185. The van der Waals surface area contributed by atoms with Crippen LogP contribution in [0, 0.1) is 17.5 Å². The van der Waals surface area contributed by atoms with Crippen molar-refractivity contribution in [3.8, 4) is 16.9 Å². The van der Waals surface area contributed by atoms with E-state index in [-0.39, 0.29) is 23.0 Å². The smallest absolute Gasteiger partial charge is 0.232 e. The number of pyridine rings is 1. The third kappa shape index (κ3) is 4.05. The van der Waals surface area contributed by atoms with Crippen molar-refractivity contribution in [3.63, 3.8) is 0 Å². The number of hydrogen-bond acceptors (Lipinski definition) is 4. The molecule has 2 heterocycles. The van der Waals surface area contributed by atoms with Crippen molar-refractivity contribution in [2.45, 2.75) is 12.3 Å². The molecule has 5 nitrogen and oxygen atoms in total. The Bertz CT molecular complexity index is 1460. The second-order valence-electron chi connectivity index (χ2n) is 8.58. The van der Waals surface area contributed by atoms with Gasteiger partial charge in [0, 0.05) is 42.2 Å². The summed E-state index contributed by atoms with van der Waals surface area (Å²) in [6.45, 7) is 0.435. The van der Waals surface area contributed by atoms with Gasteiger partial charge in [0.2, 0.25) is 5.91 Å². The molecule has 0 bridgehead atoms. The number of ether oxygens (including phenoxy) is 1. The molecular weight excluding hydrogens is 455 g/mol. The average molecular weight is 477 g/mol. The highest BCUT2D eigenvalue weighted by Gasteiger charge is 2.28. The summed E-state index contributed by atoms with van der Waals surface area (Å²) in [6, 6.07) is 13.9. The molecule has 0 saturated heterocycles. The summed E-state index contributed by atoms with van der Waals surface area (Å²) in [4.78, 5) is 19.6. The van der Waals surface area contributed by atoms with E-state index in [1.807, 2.05) is 43.3 Å². The summed E-state index contributed by atoms with van der Waals surface area (Å²) < 4.78 is 48.1. The van der Waals surface area contributed by atoms with Gasteiger partial charge >= 0.3 is 0 Å². The number of benzene rings is 3. The summed E-state index contributed by atoms with van der Waals surface area (Å²) in [7, 11) is 3.62. The second kappa shape index (κ2) is 8.94. The largest absolute Gasteiger partial charge is 0.493 e. The quantitative estimate of drug-likeness (QED) is 0.373. The Balaban J connectivity index is 1.59. The number of nitrogens with one attached hydrogen (secondary N) is 1. The van der Waals surface area contributed by atoms with Gasteiger partial charge in [-0.05, 0) is 18.6 Å². The SMILES string of the molecule is CN(C)c1c(NC(=O)[C@H]2CCOc3ccccc32)cnc2c(-c3cc(F)cc(F)c3F)cccc12. The van der Waals surface area contributed by atoms with E-state index in [2.05, 4.69) is 10.3 Å². The van der Waals surface area contributed by atoms with Gasteiger partial charge in [-0.15, -0.1) is 0 Å². The highest BCUT2D eigenvalue weighted by Crippen LogP contribution is 2.39. The molecule has 3 aromatic carbocycles. The van der Waals surface area contributed by atoms with E-state index in [0.29, 0.717) is 47.1 Å². The average Bonchev–Trinajstić information content (AvgIpc) is 2.85. The standard InChI is InChI=1S/C27H22F3N3O2/c1-33(2)26-19-8-5-7-17(20-12-15(28)13-21(29)24(20)30)25(19)31-14-22(26)32-27(34)18-10-11-35-23-9-4-3-6-16(18)23/h3-9,12-14,18H,10-11H2,1-2H3,(H,32,34)/t18-/m0/s1. The molecule has 1 amide bonds. The van der Waals surface area contributed by atoms with E-state index in [4.69, 9.17) is 4.74 Å². The summed E-state index contributed by atoms with van der Waals surface area (Å²) in [5.41, 5.74) is 2.32. The first kappa shape index (κ1) is 22.7. The van der Waals surface area contributed by atoms with Crippen molar-refractivity contribution in [1.82, 2.24) is 4.98 Å².